The van der Waals surface area contributed by atoms with Gasteiger partial charge in [0.15, 0.2) is 10.7 Å². The van der Waals surface area contributed by atoms with Gasteiger partial charge in [0.1, 0.15) is 5.69 Å². The Balaban J connectivity index is 1.46. The van der Waals surface area contributed by atoms with Crippen LogP contribution in [0.25, 0.3) is 12.2 Å². The zero-order valence-electron chi connectivity index (χ0n) is 21.2. The monoisotopic (exact) mass is 507 g/mol. The van der Waals surface area contributed by atoms with Gasteiger partial charge in [0.25, 0.3) is 0 Å². The number of aromatic nitrogens is 1. The van der Waals surface area contributed by atoms with E-state index in [-0.39, 0.29) is 35.6 Å². The molecule has 0 bridgehead atoms. The molecule has 1 aliphatic rings. The van der Waals surface area contributed by atoms with Crippen LogP contribution in [0.3, 0.4) is 0 Å². The van der Waals surface area contributed by atoms with E-state index in [0.717, 1.165) is 34.4 Å². The van der Waals surface area contributed by atoms with Gasteiger partial charge in [-0.1, -0.05) is 66.2 Å². The molecule has 8 heteroatoms. The summed E-state index contributed by atoms with van der Waals surface area (Å²) in [5.41, 5.74) is 5.39. The molecular formula is C28H33N3O4S. The molecule has 0 radical (unpaired) electrons. The molecule has 1 fully saturated rings. The topological polar surface area (TPSA) is 92.5 Å². The van der Waals surface area contributed by atoms with Crippen molar-refractivity contribution in [2.24, 2.45) is 5.92 Å². The van der Waals surface area contributed by atoms with Crippen LogP contribution in [0.15, 0.2) is 51.9 Å². The number of aryl methyl sites for hydroxylation is 4. The molecule has 0 aliphatic carbocycles. The summed E-state index contributed by atoms with van der Waals surface area (Å²) >= 11 is 0. The molecule has 0 spiro atoms. The van der Waals surface area contributed by atoms with Gasteiger partial charge in [-0.2, -0.15) is 4.31 Å². The third-order valence-electron chi connectivity index (χ3n) is 6.75. The first-order chi connectivity index (χ1) is 17.2. The van der Waals surface area contributed by atoms with E-state index < -0.39 is 10.0 Å². The highest BCUT2D eigenvalue weighted by Crippen LogP contribution is 2.30. The summed E-state index contributed by atoms with van der Waals surface area (Å²) in [6, 6.07) is 13.9. The minimum atomic E-state index is -3.82. The van der Waals surface area contributed by atoms with Crippen molar-refractivity contribution in [3.63, 3.8) is 0 Å². The summed E-state index contributed by atoms with van der Waals surface area (Å²) in [5.74, 6) is -0.0937. The van der Waals surface area contributed by atoms with Gasteiger partial charge in [0.2, 0.25) is 15.9 Å². The molecule has 7 nitrogen and oxygen atoms in total. The summed E-state index contributed by atoms with van der Waals surface area (Å²) in [6.45, 7) is 8.21. The zero-order chi connectivity index (χ0) is 25.9. The van der Waals surface area contributed by atoms with Gasteiger partial charge in [-0.05, 0) is 62.8 Å². The van der Waals surface area contributed by atoms with Crippen molar-refractivity contribution in [1.82, 2.24) is 9.46 Å². The second kappa shape index (κ2) is 10.8. The average molecular weight is 508 g/mol. The molecule has 1 N–H and O–H groups in total. The van der Waals surface area contributed by atoms with Crippen LogP contribution in [0.5, 0.6) is 0 Å². The number of rotatable bonds is 7. The van der Waals surface area contributed by atoms with Crippen LogP contribution in [0.4, 0.5) is 5.69 Å². The lowest BCUT2D eigenvalue weighted by Gasteiger charge is -2.30. The first kappa shape index (κ1) is 25.9. The molecule has 190 valence electrons. The Labute approximate surface area is 213 Å². The largest absolute Gasteiger partial charge is 0.355 e. The fourth-order valence-electron chi connectivity index (χ4n) is 4.56. The molecule has 0 unspecified atom stereocenters. The molecule has 36 heavy (non-hydrogen) atoms. The average Bonchev–Trinajstić information content (AvgIpc) is 3.26. The smallest absolute Gasteiger partial charge is 0.248 e. The van der Waals surface area contributed by atoms with Crippen molar-refractivity contribution in [2.75, 3.05) is 18.4 Å². The van der Waals surface area contributed by atoms with Gasteiger partial charge in [-0.15, -0.1) is 0 Å². The Morgan fingerprint density at radius 1 is 1.08 bits per heavy atom. The lowest BCUT2D eigenvalue weighted by Crippen LogP contribution is -2.41. The molecule has 2 aromatic carbocycles. The van der Waals surface area contributed by atoms with E-state index in [4.69, 9.17) is 4.52 Å². The predicted octanol–water partition coefficient (Wildman–Crippen LogP) is 5.37. The lowest BCUT2D eigenvalue weighted by atomic mass is 9.96. The van der Waals surface area contributed by atoms with E-state index in [1.54, 1.807) is 13.0 Å². The number of amides is 1. The minimum absolute atomic E-state index is 0.0565. The third kappa shape index (κ3) is 5.44. The SMILES string of the molecule is CCc1cccc(C)c1NC(=O)C1CCN(S(=O)(=O)c2c(C)noc2C=Cc2ccc(C)cc2)CC1. The lowest BCUT2D eigenvalue weighted by molar-refractivity contribution is -0.120. The Morgan fingerprint density at radius 2 is 1.78 bits per heavy atom. The van der Waals surface area contributed by atoms with Crippen LogP contribution in [0.2, 0.25) is 0 Å². The quantitative estimate of drug-likeness (QED) is 0.464. The number of anilines is 1. The van der Waals surface area contributed by atoms with E-state index in [1.165, 1.54) is 4.31 Å². The summed E-state index contributed by atoms with van der Waals surface area (Å²) in [6.07, 6.45) is 5.19. The molecule has 4 rings (SSSR count). The van der Waals surface area contributed by atoms with Crippen molar-refractivity contribution in [3.8, 4) is 0 Å². The van der Waals surface area contributed by atoms with Gasteiger partial charge in [0, 0.05) is 24.7 Å². The first-order valence-electron chi connectivity index (χ1n) is 12.3. The van der Waals surface area contributed by atoms with Crippen LogP contribution in [0.1, 0.15) is 53.5 Å². The molecular weight excluding hydrogens is 474 g/mol. The zero-order valence-corrected chi connectivity index (χ0v) is 22.1. The third-order valence-corrected chi connectivity index (χ3v) is 8.81. The molecule has 1 amide bonds. The molecule has 1 saturated heterocycles. The van der Waals surface area contributed by atoms with Crippen LogP contribution in [-0.2, 0) is 21.2 Å². The number of nitrogens with zero attached hydrogens (tertiary/aromatic N) is 2. The van der Waals surface area contributed by atoms with Gasteiger partial charge < -0.3 is 9.84 Å². The highest BCUT2D eigenvalue weighted by molar-refractivity contribution is 7.89. The maximum absolute atomic E-state index is 13.5. The number of benzene rings is 2. The van der Waals surface area contributed by atoms with Gasteiger partial charge in [-0.3, -0.25) is 4.79 Å². The molecule has 2 heterocycles. The van der Waals surface area contributed by atoms with Crippen molar-refractivity contribution in [1.29, 1.82) is 0 Å². The fourth-order valence-corrected chi connectivity index (χ4v) is 6.28. The maximum atomic E-state index is 13.5. The highest BCUT2D eigenvalue weighted by atomic mass is 32.2. The number of carbonyl (C=O) groups is 1. The Bertz CT molecular complexity index is 1370. The number of para-hydroxylation sites is 1. The summed E-state index contributed by atoms with van der Waals surface area (Å²) in [7, 11) is -3.82. The fraction of sp³-hybridized carbons (Fsp3) is 0.357. The number of piperidine rings is 1. The number of hydrogen-bond acceptors (Lipinski definition) is 5. The number of sulfonamides is 1. The summed E-state index contributed by atoms with van der Waals surface area (Å²) in [5, 5.41) is 7.02. The van der Waals surface area contributed by atoms with E-state index in [2.05, 4.69) is 17.4 Å². The van der Waals surface area contributed by atoms with Crippen molar-refractivity contribution in [3.05, 3.63) is 76.2 Å². The standard InChI is InChI=1S/C28H33N3O4S/c1-5-23-8-6-7-20(3)26(23)29-28(32)24-15-17-31(18-16-24)36(33,34)27-21(4)30-35-25(27)14-13-22-11-9-19(2)10-12-22/h6-14,24H,5,15-18H2,1-4H3,(H,29,32). The second-order valence-corrected chi connectivity index (χ2v) is 11.2. The first-order valence-corrected chi connectivity index (χ1v) is 13.7. The molecule has 1 aliphatic heterocycles. The van der Waals surface area contributed by atoms with E-state index in [9.17, 15) is 13.2 Å². The predicted molar refractivity (Wildman–Crippen MR) is 142 cm³/mol. The van der Waals surface area contributed by atoms with Crippen LogP contribution in [-0.4, -0.2) is 36.9 Å². The van der Waals surface area contributed by atoms with E-state index >= 15 is 0 Å². The van der Waals surface area contributed by atoms with Gasteiger partial charge in [-0.25, -0.2) is 8.42 Å². The van der Waals surface area contributed by atoms with Crippen molar-refractivity contribution >= 4 is 33.8 Å². The van der Waals surface area contributed by atoms with Crippen LogP contribution in [0, 0.1) is 26.7 Å². The summed E-state index contributed by atoms with van der Waals surface area (Å²) < 4.78 is 33.9. The Morgan fingerprint density at radius 3 is 2.44 bits per heavy atom. The normalized spacial score (nSPS) is 15.4. The van der Waals surface area contributed by atoms with Crippen LogP contribution >= 0.6 is 0 Å². The number of hydrogen-bond donors (Lipinski definition) is 1. The maximum Gasteiger partial charge on any atom is 0.248 e. The molecule has 3 aromatic rings. The summed E-state index contributed by atoms with van der Waals surface area (Å²) in [4.78, 5) is 13.1. The minimum Gasteiger partial charge on any atom is -0.355 e. The highest BCUT2D eigenvalue weighted by Gasteiger charge is 2.36. The van der Waals surface area contributed by atoms with E-state index in [0.29, 0.717) is 18.5 Å². The van der Waals surface area contributed by atoms with Gasteiger partial charge >= 0.3 is 0 Å². The van der Waals surface area contributed by atoms with Gasteiger partial charge in [0.05, 0.1) is 0 Å². The number of nitrogens with one attached hydrogen (secondary N) is 1. The van der Waals surface area contributed by atoms with Crippen molar-refractivity contribution in [2.45, 2.75) is 51.9 Å². The molecule has 1 aromatic heterocycles. The molecule has 0 atom stereocenters. The molecule has 0 saturated carbocycles. The second-order valence-electron chi connectivity index (χ2n) is 9.34. The van der Waals surface area contributed by atoms with Crippen LogP contribution < -0.4 is 5.32 Å². The van der Waals surface area contributed by atoms with Crippen molar-refractivity contribution < 1.29 is 17.7 Å². The Kier molecular flexibility index (Phi) is 7.76. The number of carbonyl (C=O) groups excluding carboxylic acids is 1. The van der Waals surface area contributed by atoms with E-state index in [1.807, 2.05) is 62.4 Å². The Hall–Kier alpha value is -3.23.